The Balaban J connectivity index is 1.98. The van der Waals surface area contributed by atoms with Gasteiger partial charge in [-0.15, -0.1) is 0 Å². The highest BCUT2D eigenvalue weighted by Gasteiger charge is 2.04. The summed E-state index contributed by atoms with van der Waals surface area (Å²) in [7, 11) is 0. The number of aryl methyl sites for hydroxylation is 2. The molecule has 1 N–H and O–H groups in total. The zero-order valence-corrected chi connectivity index (χ0v) is 11.9. The van der Waals surface area contributed by atoms with Gasteiger partial charge in [0.1, 0.15) is 5.82 Å². The SMILES string of the molecule is Cc1cc(CNCc2ccccc2Cl)cc(C)c1F. The molecule has 0 amide bonds. The van der Waals surface area contributed by atoms with Crippen LogP contribution < -0.4 is 5.32 Å². The van der Waals surface area contributed by atoms with Crippen LogP contribution in [0.15, 0.2) is 36.4 Å². The quantitative estimate of drug-likeness (QED) is 0.874. The first-order chi connectivity index (χ1) is 9.08. The highest BCUT2D eigenvalue weighted by Crippen LogP contribution is 2.16. The van der Waals surface area contributed by atoms with Gasteiger partial charge in [-0.25, -0.2) is 4.39 Å². The minimum absolute atomic E-state index is 0.116. The van der Waals surface area contributed by atoms with Gasteiger partial charge in [-0.3, -0.25) is 0 Å². The average Bonchev–Trinajstić information content (AvgIpc) is 2.38. The van der Waals surface area contributed by atoms with Crippen molar-refractivity contribution < 1.29 is 4.39 Å². The van der Waals surface area contributed by atoms with E-state index in [-0.39, 0.29) is 5.82 Å². The Labute approximate surface area is 118 Å². The lowest BCUT2D eigenvalue weighted by molar-refractivity contribution is 0.606. The molecule has 0 radical (unpaired) electrons. The Kier molecular flexibility index (Phi) is 4.56. The van der Waals surface area contributed by atoms with Gasteiger partial charge in [0, 0.05) is 18.1 Å². The Morgan fingerprint density at radius 3 is 2.32 bits per heavy atom. The molecule has 0 saturated carbocycles. The van der Waals surface area contributed by atoms with Crippen LogP contribution in [-0.2, 0) is 13.1 Å². The minimum Gasteiger partial charge on any atom is -0.309 e. The number of hydrogen-bond donors (Lipinski definition) is 1. The van der Waals surface area contributed by atoms with Crippen LogP contribution in [-0.4, -0.2) is 0 Å². The largest absolute Gasteiger partial charge is 0.309 e. The van der Waals surface area contributed by atoms with Gasteiger partial charge in [0.05, 0.1) is 0 Å². The highest BCUT2D eigenvalue weighted by atomic mass is 35.5. The number of halogens is 2. The van der Waals surface area contributed by atoms with Gasteiger partial charge in [-0.1, -0.05) is 41.9 Å². The van der Waals surface area contributed by atoms with E-state index in [9.17, 15) is 4.39 Å². The molecule has 100 valence electrons. The maximum atomic E-state index is 13.5. The van der Waals surface area contributed by atoms with E-state index in [1.165, 1.54) is 0 Å². The van der Waals surface area contributed by atoms with Gasteiger partial charge in [0.15, 0.2) is 0 Å². The van der Waals surface area contributed by atoms with Gasteiger partial charge in [0.25, 0.3) is 0 Å². The predicted molar refractivity (Wildman–Crippen MR) is 77.9 cm³/mol. The molecule has 0 heterocycles. The average molecular weight is 278 g/mol. The minimum atomic E-state index is -0.116. The molecule has 0 bridgehead atoms. The third-order valence-corrected chi connectivity index (χ3v) is 3.47. The predicted octanol–water partition coefficient (Wildman–Crippen LogP) is 4.39. The molecule has 0 spiro atoms. The van der Waals surface area contributed by atoms with Crippen molar-refractivity contribution in [2.45, 2.75) is 26.9 Å². The molecule has 0 saturated heterocycles. The molecule has 0 unspecified atom stereocenters. The third kappa shape index (κ3) is 3.55. The van der Waals surface area contributed by atoms with Crippen LogP contribution in [0.25, 0.3) is 0 Å². The Morgan fingerprint density at radius 2 is 1.68 bits per heavy atom. The van der Waals surface area contributed by atoms with Crippen LogP contribution in [0.3, 0.4) is 0 Å². The summed E-state index contributed by atoms with van der Waals surface area (Å²) in [6, 6.07) is 11.5. The summed E-state index contributed by atoms with van der Waals surface area (Å²) in [5.74, 6) is -0.116. The maximum Gasteiger partial charge on any atom is 0.129 e. The van der Waals surface area contributed by atoms with E-state index in [0.29, 0.717) is 24.2 Å². The fraction of sp³-hybridized carbons (Fsp3) is 0.250. The van der Waals surface area contributed by atoms with Crippen LogP contribution in [0.1, 0.15) is 22.3 Å². The lowest BCUT2D eigenvalue weighted by Gasteiger charge is -2.09. The number of benzene rings is 2. The molecule has 0 fully saturated rings. The molecule has 0 aromatic heterocycles. The molecule has 2 aromatic carbocycles. The number of rotatable bonds is 4. The van der Waals surface area contributed by atoms with Crippen molar-refractivity contribution in [1.82, 2.24) is 5.32 Å². The lowest BCUT2D eigenvalue weighted by Crippen LogP contribution is -2.13. The van der Waals surface area contributed by atoms with Crippen molar-refractivity contribution in [3.63, 3.8) is 0 Å². The summed E-state index contributed by atoms with van der Waals surface area (Å²) in [5, 5.41) is 4.09. The van der Waals surface area contributed by atoms with E-state index in [0.717, 1.165) is 16.1 Å². The zero-order chi connectivity index (χ0) is 13.8. The van der Waals surface area contributed by atoms with Crippen LogP contribution in [0.5, 0.6) is 0 Å². The summed E-state index contributed by atoms with van der Waals surface area (Å²) < 4.78 is 13.5. The van der Waals surface area contributed by atoms with E-state index in [1.807, 2.05) is 36.4 Å². The smallest absolute Gasteiger partial charge is 0.129 e. The Morgan fingerprint density at radius 1 is 1.05 bits per heavy atom. The van der Waals surface area contributed by atoms with E-state index in [2.05, 4.69) is 5.32 Å². The molecule has 0 aliphatic carbocycles. The molecule has 19 heavy (non-hydrogen) atoms. The summed E-state index contributed by atoms with van der Waals surface area (Å²) in [6.07, 6.45) is 0. The summed E-state index contributed by atoms with van der Waals surface area (Å²) in [6.45, 7) is 4.99. The summed E-state index contributed by atoms with van der Waals surface area (Å²) in [5.41, 5.74) is 3.53. The van der Waals surface area contributed by atoms with Gasteiger partial charge in [0.2, 0.25) is 0 Å². The first-order valence-corrected chi connectivity index (χ1v) is 6.65. The van der Waals surface area contributed by atoms with Crippen LogP contribution in [0.4, 0.5) is 4.39 Å². The summed E-state index contributed by atoms with van der Waals surface area (Å²) in [4.78, 5) is 0. The van der Waals surface area contributed by atoms with Gasteiger partial charge >= 0.3 is 0 Å². The Hall–Kier alpha value is -1.38. The number of hydrogen-bond acceptors (Lipinski definition) is 1. The maximum absolute atomic E-state index is 13.5. The van der Waals surface area contributed by atoms with Gasteiger partial charge in [-0.05, 0) is 42.2 Å². The third-order valence-electron chi connectivity index (χ3n) is 3.10. The van der Waals surface area contributed by atoms with E-state index >= 15 is 0 Å². The molecule has 3 heteroatoms. The topological polar surface area (TPSA) is 12.0 Å². The lowest BCUT2D eigenvalue weighted by atomic mass is 10.1. The fourth-order valence-corrected chi connectivity index (χ4v) is 2.32. The first kappa shape index (κ1) is 14.0. The molecular formula is C16H17ClFN. The fourth-order valence-electron chi connectivity index (χ4n) is 2.12. The normalized spacial score (nSPS) is 10.7. The molecule has 2 aromatic rings. The molecule has 2 rings (SSSR count). The van der Waals surface area contributed by atoms with Crippen molar-refractivity contribution >= 4 is 11.6 Å². The van der Waals surface area contributed by atoms with E-state index in [1.54, 1.807) is 13.8 Å². The monoisotopic (exact) mass is 277 g/mol. The second kappa shape index (κ2) is 6.18. The van der Waals surface area contributed by atoms with Crippen LogP contribution >= 0.6 is 11.6 Å². The summed E-state index contributed by atoms with van der Waals surface area (Å²) >= 11 is 6.09. The standard InChI is InChI=1S/C16H17ClFN/c1-11-7-13(8-12(2)16(11)18)9-19-10-14-5-3-4-6-15(14)17/h3-8,19H,9-10H2,1-2H3. The molecule has 1 nitrogen and oxygen atoms in total. The van der Waals surface area contributed by atoms with Gasteiger partial charge in [-0.2, -0.15) is 0 Å². The zero-order valence-electron chi connectivity index (χ0n) is 11.1. The van der Waals surface area contributed by atoms with Crippen molar-refractivity contribution in [3.05, 3.63) is 69.5 Å². The Bertz CT molecular complexity index is 558. The second-order valence-electron chi connectivity index (χ2n) is 4.74. The molecule has 0 atom stereocenters. The first-order valence-electron chi connectivity index (χ1n) is 6.27. The van der Waals surface area contributed by atoms with Gasteiger partial charge < -0.3 is 5.32 Å². The van der Waals surface area contributed by atoms with Crippen LogP contribution in [0.2, 0.25) is 5.02 Å². The second-order valence-corrected chi connectivity index (χ2v) is 5.15. The van der Waals surface area contributed by atoms with Crippen molar-refractivity contribution in [2.24, 2.45) is 0 Å². The van der Waals surface area contributed by atoms with E-state index < -0.39 is 0 Å². The molecule has 0 aliphatic rings. The van der Waals surface area contributed by atoms with Crippen molar-refractivity contribution in [1.29, 1.82) is 0 Å². The van der Waals surface area contributed by atoms with Crippen molar-refractivity contribution in [3.8, 4) is 0 Å². The molecule has 0 aliphatic heterocycles. The number of nitrogens with one attached hydrogen (secondary N) is 1. The van der Waals surface area contributed by atoms with Crippen LogP contribution in [0, 0.1) is 19.7 Å². The van der Waals surface area contributed by atoms with E-state index in [4.69, 9.17) is 11.6 Å². The highest BCUT2D eigenvalue weighted by molar-refractivity contribution is 6.31. The van der Waals surface area contributed by atoms with Crippen molar-refractivity contribution in [2.75, 3.05) is 0 Å². The molecular weight excluding hydrogens is 261 g/mol.